The maximum Gasteiger partial charge on any atom is 0.241 e. The average molecular weight is 386 g/mol. The fraction of sp³-hybridized carbons (Fsp3) is 0.696. The third-order valence-corrected chi connectivity index (χ3v) is 7.66. The van der Waals surface area contributed by atoms with E-state index in [0.29, 0.717) is 25.1 Å². The predicted molar refractivity (Wildman–Crippen MR) is 111 cm³/mol. The smallest absolute Gasteiger partial charge is 0.241 e. The molecule has 1 amide bonds. The van der Waals surface area contributed by atoms with Crippen LogP contribution in [0, 0.1) is 5.41 Å². The second-order valence-electron chi connectivity index (χ2n) is 9.53. The lowest BCUT2D eigenvalue weighted by atomic mass is 9.54. The first kappa shape index (κ1) is 19.9. The van der Waals surface area contributed by atoms with Gasteiger partial charge in [-0.3, -0.25) is 9.69 Å². The SMILES string of the molecule is CCOC1CC(N)(C(=O)NC2CC3CCC(C2)N3Cc2ccccc2)C1(C)C. The van der Waals surface area contributed by atoms with Crippen molar-refractivity contribution in [2.24, 2.45) is 11.1 Å². The lowest BCUT2D eigenvalue weighted by molar-refractivity contribution is -0.171. The van der Waals surface area contributed by atoms with Gasteiger partial charge in [-0.15, -0.1) is 0 Å². The van der Waals surface area contributed by atoms with Gasteiger partial charge < -0.3 is 15.8 Å². The molecule has 5 nitrogen and oxygen atoms in total. The first-order valence-corrected chi connectivity index (χ1v) is 10.9. The number of carbonyl (C=O) groups is 1. The molecule has 1 aliphatic carbocycles. The zero-order valence-electron chi connectivity index (χ0n) is 17.5. The summed E-state index contributed by atoms with van der Waals surface area (Å²) < 4.78 is 5.78. The quantitative estimate of drug-likeness (QED) is 0.790. The van der Waals surface area contributed by atoms with Crippen molar-refractivity contribution < 1.29 is 9.53 Å². The summed E-state index contributed by atoms with van der Waals surface area (Å²) in [5.74, 6) is 0.00867. The van der Waals surface area contributed by atoms with Gasteiger partial charge in [-0.1, -0.05) is 44.2 Å². The highest BCUT2D eigenvalue weighted by Gasteiger charge is 2.63. The van der Waals surface area contributed by atoms with Crippen molar-refractivity contribution in [1.29, 1.82) is 0 Å². The maximum absolute atomic E-state index is 13.1. The van der Waals surface area contributed by atoms with Crippen molar-refractivity contribution >= 4 is 5.91 Å². The van der Waals surface area contributed by atoms with Gasteiger partial charge >= 0.3 is 0 Å². The van der Waals surface area contributed by atoms with Crippen LogP contribution in [0.2, 0.25) is 0 Å². The zero-order chi connectivity index (χ0) is 19.9. The molecule has 4 atom stereocenters. The minimum absolute atomic E-state index is 0.00867. The van der Waals surface area contributed by atoms with Crippen molar-refractivity contribution in [1.82, 2.24) is 10.2 Å². The van der Waals surface area contributed by atoms with E-state index in [1.165, 1.54) is 18.4 Å². The van der Waals surface area contributed by atoms with Crippen LogP contribution in [-0.2, 0) is 16.1 Å². The van der Waals surface area contributed by atoms with Crippen molar-refractivity contribution in [2.45, 2.75) is 89.2 Å². The normalized spacial score (nSPS) is 36.7. The highest BCUT2D eigenvalue weighted by molar-refractivity contribution is 5.89. The minimum Gasteiger partial charge on any atom is -0.378 e. The summed E-state index contributed by atoms with van der Waals surface area (Å²) in [7, 11) is 0. The van der Waals surface area contributed by atoms with Gasteiger partial charge in [0.1, 0.15) is 5.54 Å². The van der Waals surface area contributed by atoms with E-state index in [0.717, 1.165) is 19.4 Å². The largest absolute Gasteiger partial charge is 0.378 e. The number of ether oxygens (including phenoxy) is 1. The van der Waals surface area contributed by atoms with Crippen LogP contribution in [0.15, 0.2) is 30.3 Å². The first-order chi connectivity index (χ1) is 13.3. The summed E-state index contributed by atoms with van der Waals surface area (Å²) in [5.41, 5.74) is 6.79. The van der Waals surface area contributed by atoms with Gasteiger partial charge in [0, 0.05) is 43.1 Å². The molecule has 28 heavy (non-hydrogen) atoms. The zero-order valence-corrected chi connectivity index (χ0v) is 17.5. The fourth-order valence-electron chi connectivity index (χ4n) is 5.58. The van der Waals surface area contributed by atoms with Crippen LogP contribution in [0.25, 0.3) is 0 Å². The second-order valence-corrected chi connectivity index (χ2v) is 9.53. The Balaban J connectivity index is 1.36. The van der Waals surface area contributed by atoms with Gasteiger partial charge in [-0.2, -0.15) is 0 Å². The Kier molecular flexibility index (Phi) is 5.27. The molecule has 0 radical (unpaired) electrons. The minimum atomic E-state index is -0.826. The van der Waals surface area contributed by atoms with Gasteiger partial charge in [0.15, 0.2) is 0 Å². The Hall–Kier alpha value is -1.43. The number of hydrogen-bond acceptors (Lipinski definition) is 4. The molecule has 1 aromatic rings. The van der Waals surface area contributed by atoms with Gasteiger partial charge in [0.2, 0.25) is 5.91 Å². The molecule has 5 heteroatoms. The number of amides is 1. The Morgan fingerprint density at radius 1 is 1.21 bits per heavy atom. The first-order valence-electron chi connectivity index (χ1n) is 10.9. The van der Waals surface area contributed by atoms with Crippen LogP contribution < -0.4 is 11.1 Å². The van der Waals surface area contributed by atoms with E-state index >= 15 is 0 Å². The standard InChI is InChI=1S/C23H35N3O2/c1-4-28-20-14-23(24,22(20,2)3)21(27)25-17-12-18-10-11-19(13-17)26(18)15-16-8-6-5-7-9-16/h5-9,17-20H,4,10-15,24H2,1-3H3,(H,25,27). The molecule has 0 spiro atoms. The number of nitrogens with one attached hydrogen (secondary N) is 1. The fourth-order valence-corrected chi connectivity index (χ4v) is 5.58. The van der Waals surface area contributed by atoms with Crippen LogP contribution in [-0.4, -0.2) is 47.2 Å². The Morgan fingerprint density at radius 3 is 2.43 bits per heavy atom. The number of fused-ring (bicyclic) bond motifs is 2. The summed E-state index contributed by atoms with van der Waals surface area (Å²) in [4.78, 5) is 15.7. The third kappa shape index (κ3) is 3.27. The lowest BCUT2D eigenvalue weighted by Crippen LogP contribution is -2.76. The molecule has 3 fully saturated rings. The topological polar surface area (TPSA) is 67.6 Å². The van der Waals surface area contributed by atoms with Crippen molar-refractivity contribution in [2.75, 3.05) is 6.61 Å². The summed E-state index contributed by atoms with van der Waals surface area (Å²) in [6.45, 7) is 7.78. The molecule has 3 aliphatic rings. The number of rotatable bonds is 6. The molecule has 1 aromatic carbocycles. The number of benzene rings is 1. The second kappa shape index (κ2) is 7.43. The molecule has 4 unspecified atom stereocenters. The molecule has 2 aliphatic heterocycles. The van der Waals surface area contributed by atoms with Crippen LogP contribution in [0.4, 0.5) is 0 Å². The number of hydrogen-bond donors (Lipinski definition) is 2. The van der Waals surface area contributed by atoms with Crippen LogP contribution in [0.5, 0.6) is 0 Å². The number of nitrogens with zero attached hydrogens (tertiary/aromatic N) is 1. The monoisotopic (exact) mass is 385 g/mol. The summed E-state index contributed by atoms with van der Waals surface area (Å²) in [6, 6.07) is 12.1. The van der Waals surface area contributed by atoms with E-state index in [2.05, 4.69) is 54.4 Å². The molecular formula is C23H35N3O2. The van der Waals surface area contributed by atoms with E-state index in [1.54, 1.807) is 0 Å². The van der Waals surface area contributed by atoms with Gasteiger partial charge in [-0.25, -0.2) is 0 Å². The van der Waals surface area contributed by atoms with E-state index in [9.17, 15) is 4.79 Å². The van der Waals surface area contributed by atoms with Gasteiger partial charge in [0.25, 0.3) is 0 Å². The van der Waals surface area contributed by atoms with E-state index < -0.39 is 5.54 Å². The van der Waals surface area contributed by atoms with Gasteiger partial charge in [-0.05, 0) is 38.2 Å². The van der Waals surface area contributed by atoms with Crippen LogP contribution in [0.3, 0.4) is 0 Å². The Bertz CT molecular complexity index is 693. The molecule has 2 bridgehead atoms. The van der Waals surface area contributed by atoms with Crippen molar-refractivity contribution in [3.63, 3.8) is 0 Å². The highest BCUT2D eigenvalue weighted by Crippen LogP contribution is 2.50. The Labute approximate surface area is 169 Å². The van der Waals surface area contributed by atoms with Crippen LogP contribution >= 0.6 is 0 Å². The highest BCUT2D eigenvalue weighted by atomic mass is 16.5. The molecule has 2 saturated heterocycles. The van der Waals surface area contributed by atoms with Gasteiger partial charge in [0.05, 0.1) is 6.10 Å². The van der Waals surface area contributed by atoms with E-state index in [4.69, 9.17) is 10.5 Å². The molecule has 154 valence electrons. The molecule has 4 rings (SSSR count). The lowest BCUT2D eigenvalue weighted by Gasteiger charge is -2.58. The molecular weight excluding hydrogens is 350 g/mol. The van der Waals surface area contributed by atoms with Crippen molar-refractivity contribution in [3.05, 3.63) is 35.9 Å². The predicted octanol–water partition coefficient (Wildman–Crippen LogP) is 2.83. The maximum atomic E-state index is 13.1. The third-order valence-electron chi connectivity index (χ3n) is 7.66. The summed E-state index contributed by atoms with van der Waals surface area (Å²) in [5, 5.41) is 3.32. The van der Waals surface area contributed by atoms with Crippen molar-refractivity contribution in [3.8, 4) is 0 Å². The average Bonchev–Trinajstić information content (AvgIpc) is 2.90. The number of nitrogens with two attached hydrogens (primary N) is 1. The molecule has 0 aromatic heterocycles. The Morgan fingerprint density at radius 2 is 1.86 bits per heavy atom. The van der Waals surface area contributed by atoms with E-state index in [1.807, 2.05) is 6.92 Å². The summed E-state index contributed by atoms with van der Waals surface area (Å²) >= 11 is 0. The summed E-state index contributed by atoms with van der Waals surface area (Å²) in [6.07, 6.45) is 5.20. The molecule has 3 N–H and O–H groups in total. The molecule has 1 saturated carbocycles. The van der Waals surface area contributed by atoms with Crippen LogP contribution in [0.1, 0.15) is 58.4 Å². The number of carbonyl (C=O) groups excluding carboxylic acids is 1. The van der Waals surface area contributed by atoms with E-state index in [-0.39, 0.29) is 23.5 Å². The number of piperidine rings is 1. The molecule has 2 heterocycles.